The van der Waals surface area contributed by atoms with Crippen LogP contribution in [0.15, 0.2) is 18.2 Å². The molecule has 1 amide bonds. The summed E-state index contributed by atoms with van der Waals surface area (Å²) in [5.41, 5.74) is -2.07. The zero-order chi connectivity index (χ0) is 21.5. The molecule has 0 aliphatic heterocycles. The van der Waals surface area contributed by atoms with Crippen molar-refractivity contribution >= 4 is 23.3 Å². The number of alkyl halides is 3. The number of esters is 1. The quantitative estimate of drug-likeness (QED) is 0.371. The number of carbonyl (C=O) groups is 2. The molecule has 8 nitrogen and oxygen atoms in total. The highest BCUT2D eigenvalue weighted by molar-refractivity contribution is 5.83. The summed E-state index contributed by atoms with van der Waals surface area (Å²) in [6.07, 6.45) is -5.95. The Balaban J connectivity index is 2.60. The number of nitrogens with one attached hydrogen (secondary N) is 2. The molecule has 0 saturated carbocycles. The molecule has 0 radical (unpaired) electrons. The van der Waals surface area contributed by atoms with Crippen molar-refractivity contribution in [2.24, 2.45) is 5.92 Å². The number of ether oxygens (including phenoxy) is 1. The molecule has 1 aromatic rings. The van der Waals surface area contributed by atoms with E-state index in [0.717, 1.165) is 6.07 Å². The van der Waals surface area contributed by atoms with Gasteiger partial charge >= 0.3 is 12.1 Å². The van der Waals surface area contributed by atoms with Gasteiger partial charge < -0.3 is 15.4 Å². The molecule has 0 bridgehead atoms. The molecular formula is C17H22F3N3O5. The maximum Gasteiger partial charge on any atom is 0.416 e. The summed E-state index contributed by atoms with van der Waals surface area (Å²) in [7, 11) is 0. The molecule has 0 unspecified atom stereocenters. The third kappa shape index (κ3) is 7.41. The highest BCUT2D eigenvalue weighted by Crippen LogP contribution is 2.34. The van der Waals surface area contributed by atoms with Crippen LogP contribution in [0.3, 0.4) is 0 Å². The van der Waals surface area contributed by atoms with Gasteiger partial charge in [0, 0.05) is 19.2 Å². The topological polar surface area (TPSA) is 111 Å². The number of rotatable bonds is 9. The summed E-state index contributed by atoms with van der Waals surface area (Å²) in [5.74, 6) is -0.946. The summed E-state index contributed by atoms with van der Waals surface area (Å²) >= 11 is 0. The van der Waals surface area contributed by atoms with Gasteiger partial charge in [0.1, 0.15) is 5.69 Å². The second kappa shape index (κ2) is 9.90. The lowest BCUT2D eigenvalue weighted by Gasteiger charge is -2.15. The van der Waals surface area contributed by atoms with Crippen LogP contribution < -0.4 is 10.6 Å². The van der Waals surface area contributed by atoms with E-state index in [2.05, 4.69) is 10.6 Å². The molecule has 2 N–H and O–H groups in total. The lowest BCUT2D eigenvalue weighted by Crippen LogP contribution is -2.37. The summed E-state index contributed by atoms with van der Waals surface area (Å²) in [4.78, 5) is 33.5. The Kier molecular flexibility index (Phi) is 8.20. The number of nitro benzene ring substituents is 1. The van der Waals surface area contributed by atoms with Crippen molar-refractivity contribution in [3.63, 3.8) is 0 Å². The van der Waals surface area contributed by atoms with E-state index in [-0.39, 0.29) is 24.6 Å². The molecule has 11 heteroatoms. The minimum Gasteiger partial charge on any atom is -0.452 e. The molecule has 1 atom stereocenters. The molecule has 0 spiro atoms. The molecule has 0 fully saturated rings. The van der Waals surface area contributed by atoms with Crippen LogP contribution >= 0.6 is 0 Å². The van der Waals surface area contributed by atoms with E-state index in [4.69, 9.17) is 4.74 Å². The molecule has 1 rings (SSSR count). The van der Waals surface area contributed by atoms with Crippen LogP contribution in [-0.2, 0) is 20.5 Å². The van der Waals surface area contributed by atoms with Crippen LogP contribution in [0.4, 0.5) is 24.5 Å². The van der Waals surface area contributed by atoms with E-state index >= 15 is 0 Å². The normalized spacial score (nSPS) is 12.4. The predicted molar refractivity (Wildman–Crippen MR) is 94.6 cm³/mol. The Bertz CT molecular complexity index is 722. The van der Waals surface area contributed by atoms with Crippen LogP contribution in [0, 0.1) is 16.0 Å². The first-order valence-corrected chi connectivity index (χ1v) is 8.48. The molecule has 1 aromatic carbocycles. The highest BCUT2D eigenvalue weighted by Gasteiger charge is 2.33. The van der Waals surface area contributed by atoms with Crippen molar-refractivity contribution in [2.75, 3.05) is 18.4 Å². The van der Waals surface area contributed by atoms with Gasteiger partial charge in [0.2, 0.25) is 0 Å². The number of carbonyl (C=O) groups excluding carboxylic acids is 2. The molecule has 0 saturated heterocycles. The van der Waals surface area contributed by atoms with Crippen molar-refractivity contribution in [2.45, 2.75) is 39.5 Å². The number of amides is 1. The van der Waals surface area contributed by atoms with Crippen LogP contribution in [0.2, 0.25) is 0 Å². The first-order chi connectivity index (χ1) is 12.9. The van der Waals surface area contributed by atoms with Gasteiger partial charge in [0.25, 0.3) is 11.6 Å². The number of nitro groups is 1. The average Bonchev–Trinajstić information content (AvgIpc) is 2.58. The monoisotopic (exact) mass is 405 g/mol. The van der Waals surface area contributed by atoms with Crippen LogP contribution in [-0.4, -0.2) is 36.0 Å². The second-order valence-corrected chi connectivity index (χ2v) is 6.43. The smallest absolute Gasteiger partial charge is 0.416 e. The van der Waals surface area contributed by atoms with Crippen molar-refractivity contribution < 1.29 is 32.4 Å². The summed E-state index contributed by atoms with van der Waals surface area (Å²) in [6.45, 7) is 5.53. The Hall–Kier alpha value is -2.85. The van der Waals surface area contributed by atoms with Gasteiger partial charge in [-0.15, -0.1) is 0 Å². The SMILES string of the molecule is CC(C)CNC(=O)[C@H](C)OC(=O)CCNc1ccc(C(F)(F)F)cc1[N+](=O)[O-]. The number of halogens is 3. The Labute approximate surface area is 159 Å². The van der Waals surface area contributed by atoms with Gasteiger partial charge in [0.15, 0.2) is 6.10 Å². The molecule has 156 valence electrons. The zero-order valence-electron chi connectivity index (χ0n) is 15.6. The predicted octanol–water partition coefficient (Wildman–Crippen LogP) is 3.12. The van der Waals surface area contributed by atoms with Crippen LogP contribution in [0.1, 0.15) is 32.8 Å². The number of nitrogens with zero attached hydrogens (tertiary/aromatic N) is 1. The molecule has 0 aliphatic carbocycles. The molecule has 0 heterocycles. The maximum atomic E-state index is 12.7. The lowest BCUT2D eigenvalue weighted by molar-refractivity contribution is -0.384. The number of benzene rings is 1. The lowest BCUT2D eigenvalue weighted by atomic mass is 10.1. The van der Waals surface area contributed by atoms with Gasteiger partial charge in [-0.05, 0) is 25.0 Å². The number of hydrogen-bond donors (Lipinski definition) is 2. The van der Waals surface area contributed by atoms with E-state index in [1.165, 1.54) is 6.92 Å². The van der Waals surface area contributed by atoms with Crippen molar-refractivity contribution in [3.05, 3.63) is 33.9 Å². The molecular weight excluding hydrogens is 383 g/mol. The van der Waals surface area contributed by atoms with Crippen LogP contribution in [0.5, 0.6) is 0 Å². The summed E-state index contributed by atoms with van der Waals surface area (Å²) < 4.78 is 43.0. The number of anilines is 1. The van der Waals surface area contributed by atoms with E-state index in [9.17, 15) is 32.9 Å². The first kappa shape index (κ1) is 23.2. The first-order valence-electron chi connectivity index (χ1n) is 8.48. The number of hydrogen-bond acceptors (Lipinski definition) is 6. The Morgan fingerprint density at radius 2 is 1.89 bits per heavy atom. The highest BCUT2D eigenvalue weighted by atomic mass is 19.4. The van der Waals surface area contributed by atoms with Gasteiger partial charge in [-0.3, -0.25) is 19.7 Å². The van der Waals surface area contributed by atoms with Crippen molar-refractivity contribution in [1.82, 2.24) is 5.32 Å². The minimum atomic E-state index is -4.71. The third-order valence-corrected chi connectivity index (χ3v) is 3.53. The van der Waals surface area contributed by atoms with Gasteiger partial charge in [-0.1, -0.05) is 13.8 Å². The molecule has 28 heavy (non-hydrogen) atoms. The van der Waals surface area contributed by atoms with E-state index in [1.807, 2.05) is 13.8 Å². The van der Waals surface area contributed by atoms with Crippen molar-refractivity contribution in [3.8, 4) is 0 Å². The molecule has 0 aliphatic rings. The van der Waals surface area contributed by atoms with E-state index in [0.29, 0.717) is 18.7 Å². The maximum absolute atomic E-state index is 12.7. The summed E-state index contributed by atoms with van der Waals surface area (Å²) in [6, 6.07) is 2.05. The van der Waals surface area contributed by atoms with E-state index in [1.54, 1.807) is 0 Å². The average molecular weight is 405 g/mol. The largest absolute Gasteiger partial charge is 0.452 e. The third-order valence-electron chi connectivity index (χ3n) is 3.53. The van der Waals surface area contributed by atoms with Crippen LogP contribution in [0.25, 0.3) is 0 Å². The zero-order valence-corrected chi connectivity index (χ0v) is 15.6. The Morgan fingerprint density at radius 3 is 2.43 bits per heavy atom. The van der Waals surface area contributed by atoms with Gasteiger partial charge in [-0.25, -0.2) is 0 Å². The fourth-order valence-corrected chi connectivity index (χ4v) is 2.07. The summed E-state index contributed by atoms with van der Waals surface area (Å²) in [5, 5.41) is 16.1. The fourth-order valence-electron chi connectivity index (χ4n) is 2.07. The fraction of sp³-hybridized carbons (Fsp3) is 0.529. The second-order valence-electron chi connectivity index (χ2n) is 6.43. The minimum absolute atomic E-state index is 0.120. The molecule has 0 aromatic heterocycles. The van der Waals surface area contributed by atoms with Gasteiger partial charge in [0.05, 0.1) is 16.9 Å². The van der Waals surface area contributed by atoms with Gasteiger partial charge in [-0.2, -0.15) is 13.2 Å². The van der Waals surface area contributed by atoms with Crippen molar-refractivity contribution in [1.29, 1.82) is 0 Å². The standard InChI is InChI=1S/C17H22F3N3O5/c1-10(2)9-22-16(25)11(3)28-15(24)6-7-21-13-5-4-12(17(18,19)20)8-14(13)23(26)27/h4-5,8,10-11,21H,6-7,9H2,1-3H3,(H,22,25)/t11-/m0/s1. The van der Waals surface area contributed by atoms with E-state index < -0.39 is 40.3 Å². The Morgan fingerprint density at radius 1 is 1.25 bits per heavy atom.